The zero-order valence-corrected chi connectivity index (χ0v) is 10.0. The second-order valence-electron chi connectivity index (χ2n) is 3.39. The van der Waals surface area contributed by atoms with Crippen molar-refractivity contribution in [1.29, 1.82) is 0 Å². The predicted molar refractivity (Wildman–Crippen MR) is 71.8 cm³/mol. The van der Waals surface area contributed by atoms with E-state index in [1.807, 2.05) is 54.6 Å². The highest BCUT2D eigenvalue weighted by Gasteiger charge is 2.00. The first kappa shape index (κ1) is 11.3. The van der Waals surface area contributed by atoms with Gasteiger partial charge in [-0.1, -0.05) is 77.8 Å². The molecule has 0 aromatic heterocycles. The zero-order chi connectivity index (χ0) is 11.4. The fraction of sp³-hybridized carbons (Fsp3) is 0. The molecular weight excluding hydrogens is 239 g/mol. The van der Waals surface area contributed by atoms with E-state index < -0.39 is 0 Å². The molecule has 0 radical (unpaired) electrons. The van der Waals surface area contributed by atoms with Crippen LogP contribution in [0.5, 0.6) is 0 Å². The molecule has 0 spiro atoms. The summed E-state index contributed by atoms with van der Waals surface area (Å²) in [5, 5.41) is 1.17. The summed E-state index contributed by atoms with van der Waals surface area (Å²) in [6.45, 7) is 0. The van der Waals surface area contributed by atoms with Crippen LogP contribution in [0.2, 0.25) is 10.0 Å². The van der Waals surface area contributed by atoms with Crippen LogP contribution in [0.15, 0.2) is 48.5 Å². The summed E-state index contributed by atoms with van der Waals surface area (Å²) in [6, 6.07) is 15.7. The monoisotopic (exact) mass is 248 g/mol. The maximum Gasteiger partial charge on any atom is 0.0664 e. The Morgan fingerprint density at radius 1 is 0.750 bits per heavy atom. The van der Waals surface area contributed by atoms with E-state index in [0.717, 1.165) is 11.1 Å². The first-order valence-electron chi connectivity index (χ1n) is 4.94. The van der Waals surface area contributed by atoms with Gasteiger partial charge in [0.15, 0.2) is 0 Å². The van der Waals surface area contributed by atoms with Crippen LogP contribution in [-0.2, 0) is 0 Å². The highest BCUT2D eigenvalue weighted by atomic mass is 35.5. The lowest BCUT2D eigenvalue weighted by atomic mass is 10.1. The van der Waals surface area contributed by atoms with Crippen molar-refractivity contribution in [2.24, 2.45) is 0 Å². The van der Waals surface area contributed by atoms with Gasteiger partial charge in [0.25, 0.3) is 0 Å². The second-order valence-corrected chi connectivity index (χ2v) is 4.17. The minimum Gasteiger partial charge on any atom is -0.0827 e. The maximum atomic E-state index is 6.08. The van der Waals surface area contributed by atoms with Crippen LogP contribution in [-0.4, -0.2) is 0 Å². The topological polar surface area (TPSA) is 0 Å². The van der Waals surface area contributed by atoms with Gasteiger partial charge in [0.2, 0.25) is 0 Å². The summed E-state index contributed by atoms with van der Waals surface area (Å²) in [7, 11) is 0. The summed E-state index contributed by atoms with van der Waals surface area (Å²) in [4.78, 5) is 0. The van der Waals surface area contributed by atoms with E-state index in [1.54, 1.807) is 6.07 Å². The van der Waals surface area contributed by atoms with Crippen molar-refractivity contribution in [2.45, 2.75) is 0 Å². The molecule has 0 aliphatic rings. The highest BCUT2D eigenvalue weighted by Crippen LogP contribution is 2.26. The Morgan fingerprint density at radius 3 is 2.25 bits per heavy atom. The Hall–Kier alpha value is -1.24. The number of hydrogen-bond acceptors (Lipinski definition) is 0. The molecule has 0 atom stereocenters. The first-order valence-corrected chi connectivity index (χ1v) is 5.70. The van der Waals surface area contributed by atoms with Gasteiger partial charge in [-0.25, -0.2) is 0 Å². The largest absolute Gasteiger partial charge is 0.0827 e. The number of rotatable bonds is 2. The van der Waals surface area contributed by atoms with Gasteiger partial charge in [-0.05, 0) is 17.2 Å². The van der Waals surface area contributed by atoms with Gasteiger partial charge >= 0.3 is 0 Å². The standard InChI is InChI=1S/C14H10Cl2/c15-13-8-4-7-12(14(13)16)10-9-11-5-2-1-3-6-11/h1-10H/b10-9+. The average molecular weight is 249 g/mol. The maximum absolute atomic E-state index is 6.08. The van der Waals surface area contributed by atoms with Crippen molar-refractivity contribution in [3.63, 3.8) is 0 Å². The van der Waals surface area contributed by atoms with E-state index in [1.165, 1.54) is 0 Å². The van der Waals surface area contributed by atoms with Crippen molar-refractivity contribution in [3.8, 4) is 0 Å². The van der Waals surface area contributed by atoms with E-state index in [0.29, 0.717) is 10.0 Å². The number of halogens is 2. The lowest BCUT2D eigenvalue weighted by Gasteiger charge is -1.99. The van der Waals surface area contributed by atoms with E-state index in [-0.39, 0.29) is 0 Å². The minimum atomic E-state index is 0.580. The van der Waals surface area contributed by atoms with E-state index in [9.17, 15) is 0 Å². The van der Waals surface area contributed by atoms with Crippen LogP contribution in [0, 0.1) is 0 Å². The Balaban J connectivity index is 2.28. The quantitative estimate of drug-likeness (QED) is 0.644. The van der Waals surface area contributed by atoms with Crippen LogP contribution in [0.4, 0.5) is 0 Å². The molecule has 0 N–H and O–H groups in total. The van der Waals surface area contributed by atoms with E-state index >= 15 is 0 Å². The van der Waals surface area contributed by atoms with Crippen LogP contribution in [0.25, 0.3) is 12.2 Å². The molecule has 0 heterocycles. The summed E-state index contributed by atoms with van der Waals surface area (Å²) in [5.41, 5.74) is 2.07. The van der Waals surface area contributed by atoms with Gasteiger partial charge < -0.3 is 0 Å². The molecule has 0 nitrogen and oxygen atoms in total. The van der Waals surface area contributed by atoms with Crippen LogP contribution < -0.4 is 0 Å². The highest BCUT2D eigenvalue weighted by molar-refractivity contribution is 6.42. The smallest absolute Gasteiger partial charge is 0.0664 e. The minimum absolute atomic E-state index is 0.580. The summed E-state index contributed by atoms with van der Waals surface area (Å²) in [5.74, 6) is 0. The molecule has 0 saturated heterocycles. The molecule has 0 fully saturated rings. The van der Waals surface area contributed by atoms with E-state index in [4.69, 9.17) is 23.2 Å². The Labute approximate surface area is 105 Å². The normalized spacial score (nSPS) is 10.9. The van der Waals surface area contributed by atoms with Crippen molar-refractivity contribution in [3.05, 3.63) is 69.7 Å². The summed E-state index contributed by atoms with van der Waals surface area (Å²) >= 11 is 12.0. The molecule has 0 amide bonds. The van der Waals surface area contributed by atoms with Crippen molar-refractivity contribution in [2.75, 3.05) is 0 Å². The number of hydrogen-bond donors (Lipinski definition) is 0. The van der Waals surface area contributed by atoms with Gasteiger partial charge in [-0.15, -0.1) is 0 Å². The van der Waals surface area contributed by atoms with Gasteiger partial charge in [-0.3, -0.25) is 0 Å². The molecule has 0 aliphatic heterocycles. The van der Waals surface area contributed by atoms with Crippen molar-refractivity contribution in [1.82, 2.24) is 0 Å². The first-order chi connectivity index (χ1) is 7.77. The molecule has 0 unspecified atom stereocenters. The SMILES string of the molecule is Clc1cccc(/C=C/c2ccccc2)c1Cl. The molecular formula is C14H10Cl2. The van der Waals surface area contributed by atoms with Crippen LogP contribution in [0.1, 0.15) is 11.1 Å². The zero-order valence-electron chi connectivity index (χ0n) is 8.53. The summed E-state index contributed by atoms with van der Waals surface area (Å²) in [6.07, 6.45) is 3.97. The van der Waals surface area contributed by atoms with Crippen molar-refractivity contribution >= 4 is 35.4 Å². The Morgan fingerprint density at radius 2 is 1.50 bits per heavy atom. The lowest BCUT2D eigenvalue weighted by molar-refractivity contribution is 1.64. The molecule has 16 heavy (non-hydrogen) atoms. The fourth-order valence-electron chi connectivity index (χ4n) is 1.40. The Bertz CT molecular complexity index is 501. The molecule has 2 aromatic carbocycles. The molecule has 80 valence electrons. The average Bonchev–Trinajstić information content (AvgIpc) is 2.32. The number of benzene rings is 2. The molecule has 2 aromatic rings. The van der Waals surface area contributed by atoms with Crippen LogP contribution >= 0.6 is 23.2 Å². The Kier molecular flexibility index (Phi) is 3.66. The second kappa shape index (κ2) is 5.20. The van der Waals surface area contributed by atoms with Gasteiger partial charge in [0.1, 0.15) is 0 Å². The third-order valence-electron chi connectivity index (χ3n) is 2.24. The molecule has 2 rings (SSSR count). The van der Waals surface area contributed by atoms with Gasteiger partial charge in [0.05, 0.1) is 10.0 Å². The van der Waals surface area contributed by atoms with Gasteiger partial charge in [-0.2, -0.15) is 0 Å². The third-order valence-corrected chi connectivity index (χ3v) is 3.07. The molecule has 0 aliphatic carbocycles. The van der Waals surface area contributed by atoms with Crippen LogP contribution in [0.3, 0.4) is 0 Å². The van der Waals surface area contributed by atoms with Crippen molar-refractivity contribution < 1.29 is 0 Å². The molecule has 0 bridgehead atoms. The fourth-order valence-corrected chi connectivity index (χ4v) is 1.77. The summed E-state index contributed by atoms with van der Waals surface area (Å²) < 4.78 is 0. The lowest BCUT2D eigenvalue weighted by Crippen LogP contribution is -1.76. The molecule has 2 heteroatoms. The predicted octanol–water partition coefficient (Wildman–Crippen LogP) is 5.16. The van der Waals surface area contributed by atoms with Gasteiger partial charge in [0, 0.05) is 0 Å². The van der Waals surface area contributed by atoms with E-state index in [2.05, 4.69) is 0 Å². The molecule has 0 saturated carbocycles. The third kappa shape index (κ3) is 2.66.